The highest BCUT2D eigenvalue weighted by Crippen LogP contribution is 2.30. The molecule has 0 N–H and O–H groups in total. The first kappa shape index (κ1) is 21.3. The Balaban J connectivity index is 1.42. The molecule has 2 aromatic rings. The molecule has 3 aliphatic rings. The molecule has 2 amide bonds. The van der Waals surface area contributed by atoms with E-state index >= 15 is 0 Å². The maximum atomic E-state index is 13.5. The van der Waals surface area contributed by atoms with Gasteiger partial charge in [-0.05, 0) is 32.0 Å². The fraction of sp³-hybridized carbons (Fsp3) is 0.560. The lowest BCUT2D eigenvalue weighted by atomic mass is 10.0. The minimum Gasteiger partial charge on any atom is -0.368 e. The van der Waals surface area contributed by atoms with Crippen molar-refractivity contribution in [3.63, 3.8) is 0 Å². The number of ether oxygens (including phenoxy) is 1. The first-order valence-electron chi connectivity index (χ1n) is 11.9. The third-order valence-corrected chi connectivity index (χ3v) is 7.17. The molecule has 170 valence electrons. The van der Waals surface area contributed by atoms with Crippen LogP contribution in [0.5, 0.6) is 0 Å². The summed E-state index contributed by atoms with van der Waals surface area (Å²) in [5, 5.41) is 0.870. The fourth-order valence-electron chi connectivity index (χ4n) is 5.18. The molecule has 0 radical (unpaired) electrons. The Labute approximate surface area is 189 Å². The predicted octanol–water partition coefficient (Wildman–Crippen LogP) is 2.71. The number of para-hydroxylation sites is 1. The molecule has 2 saturated heterocycles. The third kappa shape index (κ3) is 4.24. The molecular weight excluding hydrogens is 404 g/mol. The highest BCUT2D eigenvalue weighted by atomic mass is 16.5. The van der Waals surface area contributed by atoms with Crippen molar-refractivity contribution in [1.82, 2.24) is 19.7 Å². The van der Waals surface area contributed by atoms with Crippen LogP contribution in [0.3, 0.4) is 0 Å². The summed E-state index contributed by atoms with van der Waals surface area (Å²) in [5.41, 5.74) is 2.22. The van der Waals surface area contributed by atoms with Crippen LogP contribution in [0.25, 0.3) is 10.9 Å². The van der Waals surface area contributed by atoms with Gasteiger partial charge in [0.2, 0.25) is 5.91 Å². The number of piperazine rings is 1. The van der Waals surface area contributed by atoms with Gasteiger partial charge in [0.1, 0.15) is 6.10 Å². The van der Waals surface area contributed by atoms with Gasteiger partial charge in [0, 0.05) is 44.0 Å². The number of benzene rings is 1. The number of morpholine rings is 1. The lowest BCUT2D eigenvalue weighted by Gasteiger charge is -2.35. The zero-order valence-electron chi connectivity index (χ0n) is 18.8. The minimum atomic E-state index is -0.308. The Morgan fingerprint density at radius 2 is 1.75 bits per heavy atom. The van der Waals surface area contributed by atoms with Gasteiger partial charge in [0.15, 0.2) is 0 Å². The number of likely N-dealkylation sites (N-methyl/N-ethyl adjacent to an activating group) is 1. The Hall–Kier alpha value is -2.51. The van der Waals surface area contributed by atoms with E-state index in [0.717, 1.165) is 68.5 Å². The predicted molar refractivity (Wildman–Crippen MR) is 122 cm³/mol. The van der Waals surface area contributed by atoms with E-state index in [1.807, 2.05) is 40.1 Å². The number of rotatable bonds is 3. The smallest absolute Gasteiger partial charge is 0.254 e. The normalized spacial score (nSPS) is 23.1. The molecule has 1 aromatic heterocycles. The van der Waals surface area contributed by atoms with Crippen molar-refractivity contribution in [1.29, 1.82) is 0 Å². The van der Waals surface area contributed by atoms with Gasteiger partial charge in [-0.15, -0.1) is 0 Å². The van der Waals surface area contributed by atoms with Gasteiger partial charge in [-0.3, -0.25) is 9.59 Å². The van der Waals surface area contributed by atoms with Crippen molar-refractivity contribution in [3.05, 3.63) is 41.6 Å². The molecule has 1 saturated carbocycles. The molecule has 5 rings (SSSR count). The quantitative estimate of drug-likeness (QED) is 0.740. The molecule has 3 heterocycles. The van der Waals surface area contributed by atoms with Crippen LogP contribution in [0.15, 0.2) is 30.3 Å². The molecule has 1 aliphatic carbocycles. The van der Waals surface area contributed by atoms with Crippen molar-refractivity contribution in [2.75, 3.05) is 52.9 Å². The van der Waals surface area contributed by atoms with E-state index in [-0.39, 0.29) is 23.8 Å². The van der Waals surface area contributed by atoms with E-state index in [9.17, 15) is 9.59 Å². The zero-order chi connectivity index (χ0) is 22.1. The SMILES string of the molecule is CN1CCN(C(=O)c2cc(C3CN(C(=O)C4CCCC4)CCO3)nc3ccccc23)CC1. The summed E-state index contributed by atoms with van der Waals surface area (Å²) < 4.78 is 6.06. The average molecular weight is 437 g/mol. The van der Waals surface area contributed by atoms with E-state index in [1.165, 1.54) is 0 Å². The molecule has 0 bridgehead atoms. The van der Waals surface area contributed by atoms with Crippen molar-refractivity contribution in [3.8, 4) is 0 Å². The van der Waals surface area contributed by atoms with Crippen LogP contribution in [-0.4, -0.2) is 84.4 Å². The monoisotopic (exact) mass is 436 g/mol. The number of amides is 2. The molecule has 32 heavy (non-hydrogen) atoms. The molecular formula is C25H32N4O3. The van der Waals surface area contributed by atoms with Gasteiger partial charge >= 0.3 is 0 Å². The number of carbonyl (C=O) groups excluding carboxylic acids is 2. The van der Waals surface area contributed by atoms with Crippen molar-refractivity contribution < 1.29 is 14.3 Å². The summed E-state index contributed by atoms with van der Waals surface area (Å²) in [6, 6.07) is 9.71. The topological polar surface area (TPSA) is 66.0 Å². The lowest BCUT2D eigenvalue weighted by molar-refractivity contribution is -0.143. The molecule has 7 nitrogen and oxygen atoms in total. The molecule has 7 heteroatoms. The summed E-state index contributed by atoms with van der Waals surface area (Å²) in [5.74, 6) is 0.464. The summed E-state index contributed by atoms with van der Waals surface area (Å²) >= 11 is 0. The third-order valence-electron chi connectivity index (χ3n) is 7.17. The van der Waals surface area contributed by atoms with Crippen LogP contribution in [0.4, 0.5) is 0 Å². The fourth-order valence-corrected chi connectivity index (χ4v) is 5.18. The highest BCUT2D eigenvalue weighted by molar-refractivity contribution is 6.06. The molecule has 1 atom stereocenters. The molecule has 1 aromatic carbocycles. The van der Waals surface area contributed by atoms with Crippen LogP contribution in [0.1, 0.15) is 47.8 Å². The number of aromatic nitrogens is 1. The van der Waals surface area contributed by atoms with Gasteiger partial charge in [-0.1, -0.05) is 31.0 Å². The Kier molecular flexibility index (Phi) is 6.11. The van der Waals surface area contributed by atoms with Gasteiger partial charge in [0.05, 0.1) is 29.9 Å². The van der Waals surface area contributed by atoms with E-state index in [4.69, 9.17) is 9.72 Å². The number of carbonyl (C=O) groups is 2. The minimum absolute atomic E-state index is 0.0487. The molecule has 3 fully saturated rings. The maximum Gasteiger partial charge on any atom is 0.254 e. The molecule has 2 aliphatic heterocycles. The maximum absolute atomic E-state index is 13.5. The van der Waals surface area contributed by atoms with Gasteiger partial charge < -0.3 is 19.4 Å². The van der Waals surface area contributed by atoms with Crippen LogP contribution >= 0.6 is 0 Å². The summed E-state index contributed by atoms with van der Waals surface area (Å²) in [7, 11) is 2.08. The van der Waals surface area contributed by atoms with Crippen molar-refractivity contribution in [2.24, 2.45) is 5.92 Å². The average Bonchev–Trinajstić information content (AvgIpc) is 3.38. The second-order valence-corrected chi connectivity index (χ2v) is 9.33. The van der Waals surface area contributed by atoms with Crippen LogP contribution in [-0.2, 0) is 9.53 Å². The zero-order valence-corrected chi connectivity index (χ0v) is 18.8. The summed E-state index contributed by atoms with van der Waals surface area (Å²) in [6.45, 7) is 4.85. The highest BCUT2D eigenvalue weighted by Gasteiger charge is 2.33. The number of nitrogens with zero attached hydrogens (tertiary/aromatic N) is 4. The van der Waals surface area contributed by atoms with Gasteiger partial charge in [-0.25, -0.2) is 4.98 Å². The Morgan fingerprint density at radius 3 is 2.53 bits per heavy atom. The number of fused-ring (bicyclic) bond motifs is 1. The van der Waals surface area contributed by atoms with E-state index in [2.05, 4.69) is 11.9 Å². The number of hydrogen-bond acceptors (Lipinski definition) is 5. The second-order valence-electron chi connectivity index (χ2n) is 9.33. The van der Waals surface area contributed by atoms with Crippen molar-refractivity contribution in [2.45, 2.75) is 31.8 Å². The van der Waals surface area contributed by atoms with Crippen LogP contribution in [0.2, 0.25) is 0 Å². The van der Waals surface area contributed by atoms with Crippen LogP contribution < -0.4 is 0 Å². The largest absolute Gasteiger partial charge is 0.368 e. The molecule has 1 unspecified atom stereocenters. The Bertz CT molecular complexity index is 996. The van der Waals surface area contributed by atoms with E-state index < -0.39 is 0 Å². The van der Waals surface area contributed by atoms with Crippen molar-refractivity contribution >= 4 is 22.7 Å². The Morgan fingerprint density at radius 1 is 1.00 bits per heavy atom. The summed E-state index contributed by atoms with van der Waals surface area (Å²) in [4.78, 5) is 37.4. The first-order chi connectivity index (χ1) is 15.6. The van der Waals surface area contributed by atoms with E-state index in [0.29, 0.717) is 25.3 Å². The van der Waals surface area contributed by atoms with Gasteiger partial charge in [-0.2, -0.15) is 0 Å². The lowest BCUT2D eigenvalue weighted by Crippen LogP contribution is -2.47. The van der Waals surface area contributed by atoms with Crippen LogP contribution in [0, 0.1) is 5.92 Å². The van der Waals surface area contributed by atoms with Gasteiger partial charge in [0.25, 0.3) is 5.91 Å². The summed E-state index contributed by atoms with van der Waals surface area (Å²) in [6.07, 6.45) is 3.98. The number of pyridine rings is 1. The number of hydrogen-bond donors (Lipinski definition) is 0. The van der Waals surface area contributed by atoms with E-state index in [1.54, 1.807) is 0 Å². The first-order valence-corrected chi connectivity index (χ1v) is 11.9. The second kappa shape index (κ2) is 9.16. The molecule has 0 spiro atoms. The standard InChI is InChI=1S/C25H32N4O3/c1-27-10-12-28(13-11-27)25(31)20-16-22(26-21-9-5-4-8-19(20)21)23-17-29(14-15-32-23)24(30)18-6-2-3-7-18/h4-5,8-9,16,18,23H,2-3,6-7,10-15,17H2,1H3.